The van der Waals surface area contributed by atoms with Gasteiger partial charge in [-0.3, -0.25) is 9.59 Å². The number of amides is 2. The van der Waals surface area contributed by atoms with E-state index in [9.17, 15) is 9.59 Å². The molecule has 0 radical (unpaired) electrons. The Morgan fingerprint density at radius 2 is 1.90 bits per heavy atom. The van der Waals surface area contributed by atoms with Crippen molar-refractivity contribution in [2.24, 2.45) is 5.73 Å². The van der Waals surface area contributed by atoms with Crippen LogP contribution < -0.4 is 16.4 Å². The third-order valence-corrected chi connectivity index (χ3v) is 2.84. The molecule has 0 saturated carbocycles. The number of hydrogen-bond donors (Lipinski definition) is 3. The van der Waals surface area contributed by atoms with Crippen LogP contribution in [0.25, 0.3) is 0 Å². The lowest BCUT2D eigenvalue weighted by atomic mass is 10.2. The van der Waals surface area contributed by atoms with Crippen molar-refractivity contribution < 1.29 is 14.3 Å². The maximum Gasteiger partial charge on any atom is 0.252 e. The van der Waals surface area contributed by atoms with Gasteiger partial charge in [0.1, 0.15) is 6.04 Å². The summed E-state index contributed by atoms with van der Waals surface area (Å²) >= 11 is 5.90. The number of carbonyl (C=O) groups excluding carboxylic acids is 2. The molecular weight excluding hydrogens is 317 g/mol. The second-order valence-electron chi connectivity index (χ2n) is 4.09. The summed E-state index contributed by atoms with van der Waals surface area (Å²) < 4.78 is 4.77. The lowest BCUT2D eigenvalue weighted by molar-refractivity contribution is -0.123. The first kappa shape index (κ1) is 19.7. The predicted octanol–water partition coefficient (Wildman–Crippen LogP) is 0.582. The van der Waals surface area contributed by atoms with E-state index in [-0.39, 0.29) is 43.9 Å². The van der Waals surface area contributed by atoms with Crippen molar-refractivity contribution in [1.29, 1.82) is 0 Å². The first-order chi connectivity index (χ1) is 9.56. The zero-order valence-corrected chi connectivity index (χ0v) is 13.2. The Morgan fingerprint density at radius 1 is 1.29 bits per heavy atom. The molecule has 6 nitrogen and oxygen atoms in total. The molecule has 0 spiro atoms. The fourth-order valence-electron chi connectivity index (χ4n) is 1.49. The molecule has 1 aromatic rings. The van der Waals surface area contributed by atoms with Crippen LogP contribution in [0.1, 0.15) is 10.4 Å². The number of rotatable bonds is 7. The molecule has 0 heterocycles. The molecule has 0 aliphatic rings. The smallest absolute Gasteiger partial charge is 0.252 e. The largest absolute Gasteiger partial charge is 0.383 e. The molecule has 0 aliphatic heterocycles. The second-order valence-corrected chi connectivity index (χ2v) is 4.50. The van der Waals surface area contributed by atoms with Gasteiger partial charge < -0.3 is 21.1 Å². The van der Waals surface area contributed by atoms with E-state index in [2.05, 4.69) is 10.6 Å². The van der Waals surface area contributed by atoms with Crippen molar-refractivity contribution in [3.8, 4) is 0 Å². The van der Waals surface area contributed by atoms with E-state index < -0.39 is 6.04 Å². The minimum atomic E-state index is -0.709. The van der Waals surface area contributed by atoms with Crippen molar-refractivity contribution in [1.82, 2.24) is 10.6 Å². The number of halogens is 2. The van der Waals surface area contributed by atoms with Crippen molar-refractivity contribution in [2.75, 3.05) is 26.8 Å². The lowest BCUT2D eigenvalue weighted by Crippen LogP contribution is -2.45. The van der Waals surface area contributed by atoms with Crippen molar-refractivity contribution in [3.63, 3.8) is 0 Å². The summed E-state index contributed by atoms with van der Waals surface area (Å²) in [5.74, 6) is -0.607. The molecular formula is C13H19Cl2N3O3. The molecule has 2 amide bonds. The van der Waals surface area contributed by atoms with E-state index in [0.29, 0.717) is 10.6 Å². The van der Waals surface area contributed by atoms with Crippen LogP contribution in [0.4, 0.5) is 0 Å². The summed E-state index contributed by atoms with van der Waals surface area (Å²) in [5.41, 5.74) is 5.94. The third-order valence-electron chi connectivity index (χ3n) is 2.51. The van der Waals surface area contributed by atoms with Gasteiger partial charge in [-0.05, 0) is 12.1 Å². The van der Waals surface area contributed by atoms with Gasteiger partial charge in [0.2, 0.25) is 5.91 Å². The number of ether oxygens (including phenoxy) is 1. The maximum absolute atomic E-state index is 11.8. The molecule has 0 saturated heterocycles. The highest BCUT2D eigenvalue weighted by Gasteiger charge is 2.12. The van der Waals surface area contributed by atoms with E-state index in [1.807, 2.05) is 0 Å². The number of methoxy groups -OCH3 is 1. The number of hydrogen-bond acceptors (Lipinski definition) is 4. The van der Waals surface area contributed by atoms with E-state index in [4.69, 9.17) is 22.1 Å². The Kier molecular flexibility index (Phi) is 9.73. The van der Waals surface area contributed by atoms with Crippen LogP contribution >= 0.6 is 24.0 Å². The highest BCUT2D eigenvalue weighted by molar-refractivity contribution is 6.33. The van der Waals surface area contributed by atoms with Gasteiger partial charge in [-0.25, -0.2) is 0 Å². The van der Waals surface area contributed by atoms with Crippen LogP contribution in [0.2, 0.25) is 5.02 Å². The zero-order chi connectivity index (χ0) is 15.0. The molecule has 1 rings (SSSR count). The SMILES string of the molecule is COCC(N)C(=O)NCCNC(=O)c1ccccc1Cl.Cl. The topological polar surface area (TPSA) is 93.4 Å². The summed E-state index contributed by atoms with van der Waals surface area (Å²) in [4.78, 5) is 23.2. The highest BCUT2D eigenvalue weighted by Crippen LogP contribution is 2.14. The Bertz CT molecular complexity index is 472. The van der Waals surface area contributed by atoms with Gasteiger partial charge in [0.05, 0.1) is 17.2 Å². The van der Waals surface area contributed by atoms with E-state index in [1.54, 1.807) is 24.3 Å². The summed E-state index contributed by atoms with van der Waals surface area (Å²) in [5, 5.41) is 5.64. The molecule has 0 aliphatic carbocycles. The van der Waals surface area contributed by atoms with Gasteiger partial charge in [0.25, 0.3) is 5.91 Å². The molecule has 1 unspecified atom stereocenters. The van der Waals surface area contributed by atoms with E-state index >= 15 is 0 Å². The molecule has 4 N–H and O–H groups in total. The molecule has 21 heavy (non-hydrogen) atoms. The van der Waals surface area contributed by atoms with Crippen molar-refractivity contribution >= 4 is 35.8 Å². The van der Waals surface area contributed by atoms with Crippen LogP contribution in [0.5, 0.6) is 0 Å². The minimum absolute atomic E-state index is 0. The second kappa shape index (κ2) is 10.4. The van der Waals surface area contributed by atoms with Gasteiger partial charge in [-0.2, -0.15) is 0 Å². The van der Waals surface area contributed by atoms with Crippen LogP contribution in [-0.4, -0.2) is 44.7 Å². The van der Waals surface area contributed by atoms with E-state index in [0.717, 1.165) is 0 Å². The molecule has 0 fully saturated rings. The summed E-state index contributed by atoms with van der Waals surface area (Å²) in [7, 11) is 1.47. The highest BCUT2D eigenvalue weighted by atomic mass is 35.5. The fourth-order valence-corrected chi connectivity index (χ4v) is 1.71. The molecule has 0 aromatic heterocycles. The average Bonchev–Trinajstić information content (AvgIpc) is 2.43. The fraction of sp³-hybridized carbons (Fsp3) is 0.385. The molecule has 1 aromatic carbocycles. The van der Waals surface area contributed by atoms with Crippen LogP contribution in [0.3, 0.4) is 0 Å². The zero-order valence-electron chi connectivity index (χ0n) is 11.6. The molecule has 0 bridgehead atoms. The normalized spacial score (nSPS) is 11.2. The van der Waals surface area contributed by atoms with Gasteiger partial charge in [-0.1, -0.05) is 23.7 Å². The third kappa shape index (κ3) is 6.77. The number of benzene rings is 1. The number of carbonyl (C=O) groups is 2. The Hall–Kier alpha value is -1.34. The summed E-state index contributed by atoms with van der Waals surface area (Å²) in [6, 6.07) is 6.04. The molecule has 1 atom stereocenters. The predicted molar refractivity (Wildman–Crippen MR) is 83.9 cm³/mol. The Balaban J connectivity index is 0.00000400. The maximum atomic E-state index is 11.8. The summed E-state index contributed by atoms with van der Waals surface area (Å²) in [6.45, 7) is 0.722. The van der Waals surface area contributed by atoms with Crippen molar-refractivity contribution in [3.05, 3.63) is 34.9 Å². The summed E-state index contributed by atoms with van der Waals surface area (Å²) in [6.07, 6.45) is 0. The standard InChI is InChI=1S/C13H18ClN3O3.ClH/c1-20-8-11(15)13(19)17-7-6-16-12(18)9-4-2-3-5-10(9)14;/h2-5,11H,6-8,15H2,1H3,(H,16,18)(H,17,19);1H. The molecule has 118 valence electrons. The number of nitrogens with one attached hydrogen (secondary N) is 2. The quantitative estimate of drug-likeness (QED) is 0.635. The number of nitrogens with two attached hydrogens (primary N) is 1. The first-order valence-electron chi connectivity index (χ1n) is 6.11. The monoisotopic (exact) mass is 335 g/mol. The van der Waals surface area contributed by atoms with Gasteiger partial charge in [-0.15, -0.1) is 12.4 Å². The Morgan fingerprint density at radius 3 is 2.52 bits per heavy atom. The molecule has 8 heteroatoms. The van der Waals surface area contributed by atoms with Crippen LogP contribution in [0.15, 0.2) is 24.3 Å². The van der Waals surface area contributed by atoms with Crippen LogP contribution in [0, 0.1) is 0 Å². The van der Waals surface area contributed by atoms with Crippen molar-refractivity contribution in [2.45, 2.75) is 6.04 Å². The van der Waals surface area contributed by atoms with Gasteiger partial charge >= 0.3 is 0 Å². The van der Waals surface area contributed by atoms with Gasteiger partial charge in [0, 0.05) is 20.2 Å². The first-order valence-corrected chi connectivity index (χ1v) is 6.49. The van der Waals surface area contributed by atoms with Gasteiger partial charge in [0.15, 0.2) is 0 Å². The van der Waals surface area contributed by atoms with Crippen LogP contribution in [-0.2, 0) is 9.53 Å². The minimum Gasteiger partial charge on any atom is -0.383 e. The average molecular weight is 336 g/mol. The lowest BCUT2D eigenvalue weighted by Gasteiger charge is -2.11. The Labute approximate surface area is 134 Å². The van der Waals surface area contributed by atoms with E-state index in [1.165, 1.54) is 7.11 Å².